The highest BCUT2D eigenvalue weighted by Gasteiger charge is 2.53. The van der Waals surface area contributed by atoms with Gasteiger partial charge in [0.1, 0.15) is 12.4 Å². The van der Waals surface area contributed by atoms with Crippen molar-refractivity contribution in [2.75, 3.05) is 19.7 Å². The van der Waals surface area contributed by atoms with Crippen LogP contribution >= 0.6 is 0 Å². The summed E-state index contributed by atoms with van der Waals surface area (Å²) in [5.74, 6) is -0.0781. The normalized spacial score (nSPS) is 24.0. The van der Waals surface area contributed by atoms with Crippen molar-refractivity contribution in [1.82, 2.24) is 15.5 Å². The molecule has 2 aliphatic rings. The first-order chi connectivity index (χ1) is 14.0. The van der Waals surface area contributed by atoms with E-state index >= 15 is 0 Å². The fraction of sp³-hybridized carbons (Fsp3) is 0.391. The second-order valence-corrected chi connectivity index (χ2v) is 8.27. The van der Waals surface area contributed by atoms with Gasteiger partial charge in [0.15, 0.2) is 0 Å². The van der Waals surface area contributed by atoms with Gasteiger partial charge in [-0.2, -0.15) is 0 Å². The molecule has 2 aromatic rings. The van der Waals surface area contributed by atoms with Gasteiger partial charge in [-0.15, -0.1) is 0 Å². The standard InChI is InChI=1S/C23H27N3O3/c1-16(2)24-22(28)19-13-26(12-17-8-4-3-5-9-17)14-23(19)15-29-20-11-7-6-10-18(20)21(27)25-23/h3-11,16,19H,12-15H2,1-2H3,(H,24,28)(H,25,27)/t19-,23-/m0/s1. The Bertz CT molecular complexity index is 899. The van der Waals surface area contributed by atoms with Crippen molar-refractivity contribution < 1.29 is 14.3 Å². The third-order valence-corrected chi connectivity index (χ3v) is 5.59. The molecule has 0 radical (unpaired) electrons. The van der Waals surface area contributed by atoms with Crippen molar-refractivity contribution in [1.29, 1.82) is 0 Å². The topological polar surface area (TPSA) is 70.7 Å². The SMILES string of the molecule is CC(C)NC(=O)[C@@H]1CN(Cc2ccccc2)C[C@]12COc1ccccc1C(=O)N2. The van der Waals surface area contributed by atoms with E-state index in [2.05, 4.69) is 27.7 Å². The average molecular weight is 393 g/mol. The van der Waals surface area contributed by atoms with Gasteiger partial charge in [0.05, 0.1) is 17.0 Å². The molecule has 2 N–H and O–H groups in total. The Morgan fingerprint density at radius 1 is 1.21 bits per heavy atom. The van der Waals surface area contributed by atoms with Gasteiger partial charge in [0.2, 0.25) is 5.91 Å². The van der Waals surface area contributed by atoms with Gasteiger partial charge in [-0.3, -0.25) is 14.5 Å². The number of nitrogens with zero attached hydrogens (tertiary/aromatic N) is 1. The summed E-state index contributed by atoms with van der Waals surface area (Å²) in [6, 6.07) is 17.4. The third kappa shape index (κ3) is 3.98. The summed E-state index contributed by atoms with van der Waals surface area (Å²) in [6.07, 6.45) is 0. The minimum Gasteiger partial charge on any atom is -0.490 e. The molecule has 6 heteroatoms. The summed E-state index contributed by atoms with van der Waals surface area (Å²) in [4.78, 5) is 28.3. The lowest BCUT2D eigenvalue weighted by molar-refractivity contribution is -0.127. The maximum absolute atomic E-state index is 13.1. The number of amides is 2. The van der Waals surface area contributed by atoms with Crippen LogP contribution < -0.4 is 15.4 Å². The number of hydrogen-bond donors (Lipinski definition) is 2. The first-order valence-electron chi connectivity index (χ1n) is 10.1. The molecular formula is C23H27N3O3. The lowest BCUT2D eigenvalue weighted by Crippen LogP contribution is -2.60. The third-order valence-electron chi connectivity index (χ3n) is 5.59. The van der Waals surface area contributed by atoms with Crippen molar-refractivity contribution in [2.24, 2.45) is 5.92 Å². The van der Waals surface area contributed by atoms with E-state index in [9.17, 15) is 9.59 Å². The zero-order valence-electron chi connectivity index (χ0n) is 16.9. The van der Waals surface area contributed by atoms with Gasteiger partial charge in [-0.1, -0.05) is 42.5 Å². The van der Waals surface area contributed by atoms with E-state index in [1.807, 2.05) is 44.2 Å². The average Bonchev–Trinajstić information content (AvgIpc) is 2.97. The van der Waals surface area contributed by atoms with Gasteiger partial charge in [-0.05, 0) is 31.5 Å². The van der Waals surface area contributed by atoms with Crippen LogP contribution in [0, 0.1) is 5.92 Å². The predicted molar refractivity (Wildman–Crippen MR) is 111 cm³/mol. The van der Waals surface area contributed by atoms with E-state index in [4.69, 9.17) is 4.74 Å². The number of ether oxygens (including phenoxy) is 1. The van der Waals surface area contributed by atoms with Crippen LogP contribution in [0.15, 0.2) is 54.6 Å². The summed E-state index contributed by atoms with van der Waals surface area (Å²) < 4.78 is 6.05. The van der Waals surface area contributed by atoms with E-state index < -0.39 is 11.5 Å². The molecular weight excluding hydrogens is 366 g/mol. The minimum atomic E-state index is -0.774. The number of nitrogens with one attached hydrogen (secondary N) is 2. The van der Waals surface area contributed by atoms with Crippen LogP contribution in [0.1, 0.15) is 29.8 Å². The highest BCUT2D eigenvalue weighted by atomic mass is 16.5. The summed E-state index contributed by atoms with van der Waals surface area (Å²) in [7, 11) is 0. The Kier molecular flexibility index (Phi) is 5.28. The molecule has 0 unspecified atom stereocenters. The number of carbonyl (C=O) groups excluding carboxylic acids is 2. The van der Waals surface area contributed by atoms with E-state index in [0.29, 0.717) is 24.4 Å². The van der Waals surface area contributed by atoms with Crippen LogP contribution in [0.2, 0.25) is 0 Å². The fourth-order valence-electron chi connectivity index (χ4n) is 4.28. The number of benzene rings is 2. The summed E-state index contributed by atoms with van der Waals surface area (Å²) in [5, 5.41) is 6.19. The quantitative estimate of drug-likeness (QED) is 0.836. The monoisotopic (exact) mass is 393 g/mol. The zero-order valence-corrected chi connectivity index (χ0v) is 16.9. The summed E-state index contributed by atoms with van der Waals surface area (Å²) >= 11 is 0. The largest absolute Gasteiger partial charge is 0.490 e. The Balaban J connectivity index is 1.63. The van der Waals surface area contributed by atoms with Crippen LogP contribution in [-0.4, -0.2) is 48.0 Å². The number of carbonyl (C=O) groups is 2. The number of fused-ring (bicyclic) bond motifs is 1. The van der Waals surface area contributed by atoms with Gasteiger partial charge >= 0.3 is 0 Å². The molecule has 1 spiro atoms. The van der Waals surface area contributed by atoms with Crippen LogP contribution in [-0.2, 0) is 11.3 Å². The van der Waals surface area contributed by atoms with Crippen LogP contribution in [0.3, 0.4) is 0 Å². The number of likely N-dealkylation sites (tertiary alicyclic amines) is 1. The lowest BCUT2D eigenvalue weighted by Gasteiger charge is -2.33. The molecule has 0 saturated carbocycles. The van der Waals surface area contributed by atoms with Crippen molar-refractivity contribution in [3.8, 4) is 5.75 Å². The molecule has 2 aromatic carbocycles. The van der Waals surface area contributed by atoms with E-state index in [1.165, 1.54) is 5.56 Å². The molecule has 1 saturated heterocycles. The molecule has 2 heterocycles. The van der Waals surface area contributed by atoms with E-state index in [-0.39, 0.29) is 24.5 Å². The molecule has 29 heavy (non-hydrogen) atoms. The Labute approximate surface area is 171 Å². The van der Waals surface area contributed by atoms with Crippen LogP contribution in [0.4, 0.5) is 0 Å². The second kappa shape index (κ2) is 7.87. The molecule has 1 fully saturated rings. The lowest BCUT2D eigenvalue weighted by atomic mass is 9.86. The molecule has 152 valence electrons. The predicted octanol–water partition coefficient (Wildman–Crippen LogP) is 2.20. The Morgan fingerprint density at radius 3 is 2.69 bits per heavy atom. The van der Waals surface area contributed by atoms with Gasteiger partial charge in [-0.25, -0.2) is 0 Å². The summed E-state index contributed by atoms with van der Waals surface area (Å²) in [6.45, 7) is 5.98. The van der Waals surface area contributed by atoms with Gasteiger partial charge in [0.25, 0.3) is 5.91 Å². The first-order valence-corrected chi connectivity index (χ1v) is 10.1. The van der Waals surface area contributed by atoms with Gasteiger partial charge < -0.3 is 15.4 Å². The number of para-hydroxylation sites is 1. The molecule has 4 rings (SSSR count). The van der Waals surface area contributed by atoms with Crippen molar-refractivity contribution in [2.45, 2.75) is 32.0 Å². The molecule has 2 aliphatic heterocycles. The molecule has 0 aliphatic carbocycles. The minimum absolute atomic E-state index is 0.0299. The molecule has 0 aromatic heterocycles. The maximum atomic E-state index is 13.1. The summed E-state index contributed by atoms with van der Waals surface area (Å²) in [5.41, 5.74) is 0.912. The van der Waals surface area contributed by atoms with Crippen LogP contribution in [0.25, 0.3) is 0 Å². The molecule has 2 amide bonds. The van der Waals surface area contributed by atoms with E-state index in [1.54, 1.807) is 12.1 Å². The second-order valence-electron chi connectivity index (χ2n) is 8.27. The molecule has 6 nitrogen and oxygen atoms in total. The fourth-order valence-corrected chi connectivity index (χ4v) is 4.28. The van der Waals surface area contributed by atoms with Crippen LogP contribution in [0.5, 0.6) is 5.75 Å². The number of rotatable bonds is 4. The highest BCUT2D eigenvalue weighted by molar-refractivity contribution is 5.98. The Morgan fingerprint density at radius 2 is 1.93 bits per heavy atom. The molecule has 0 bridgehead atoms. The van der Waals surface area contributed by atoms with Gasteiger partial charge in [0, 0.05) is 25.7 Å². The van der Waals surface area contributed by atoms with E-state index in [0.717, 1.165) is 6.54 Å². The van der Waals surface area contributed by atoms with Crippen molar-refractivity contribution >= 4 is 11.8 Å². The molecule has 2 atom stereocenters. The maximum Gasteiger partial charge on any atom is 0.255 e. The highest BCUT2D eigenvalue weighted by Crippen LogP contribution is 2.34. The smallest absolute Gasteiger partial charge is 0.255 e. The number of hydrogen-bond acceptors (Lipinski definition) is 4. The van der Waals surface area contributed by atoms with Crippen molar-refractivity contribution in [3.05, 3.63) is 65.7 Å². The zero-order chi connectivity index (χ0) is 20.4. The van der Waals surface area contributed by atoms with Crippen molar-refractivity contribution in [3.63, 3.8) is 0 Å². The Hall–Kier alpha value is -2.86. The first kappa shape index (κ1) is 19.5.